The largest absolute Gasteiger partial charge is 0.449 e. The van der Waals surface area contributed by atoms with Crippen molar-refractivity contribution in [2.45, 2.75) is 35.9 Å². The van der Waals surface area contributed by atoms with Crippen molar-refractivity contribution in [1.29, 1.82) is 0 Å². The molecule has 1 aliphatic rings. The zero-order valence-electron chi connectivity index (χ0n) is 22.9. The number of amides is 1. The van der Waals surface area contributed by atoms with Gasteiger partial charge in [0.2, 0.25) is 0 Å². The summed E-state index contributed by atoms with van der Waals surface area (Å²) in [7, 11) is 0. The zero-order valence-corrected chi connectivity index (χ0v) is 24.5. The number of hydrogen-bond acceptors (Lipinski definition) is 6. The van der Waals surface area contributed by atoms with Crippen molar-refractivity contribution in [1.82, 2.24) is 15.3 Å². The number of ether oxygens (including phenoxy) is 1. The molecule has 2 aromatic heterocycles. The van der Waals surface area contributed by atoms with Gasteiger partial charge in [0.05, 0.1) is 11.6 Å². The lowest BCUT2D eigenvalue weighted by Gasteiger charge is -2.17. The third-order valence-electron chi connectivity index (χ3n) is 7.34. The second kappa shape index (κ2) is 12.4. The van der Waals surface area contributed by atoms with Gasteiger partial charge in [-0.3, -0.25) is 4.98 Å². The highest BCUT2D eigenvalue weighted by molar-refractivity contribution is 7.99. The maximum absolute atomic E-state index is 13.0. The van der Waals surface area contributed by atoms with Gasteiger partial charge in [0.25, 0.3) is 0 Å². The normalized spacial score (nSPS) is 12.1. The van der Waals surface area contributed by atoms with Gasteiger partial charge in [-0.25, -0.2) is 9.78 Å². The number of nitrogens with zero attached hydrogens (tertiary/aromatic N) is 2. The van der Waals surface area contributed by atoms with Crippen LogP contribution in [0.5, 0.6) is 0 Å². The smallest absolute Gasteiger partial charge is 0.407 e. The predicted octanol–water partition coefficient (Wildman–Crippen LogP) is 7.79. The van der Waals surface area contributed by atoms with Crippen LogP contribution in [0.15, 0.2) is 107 Å². The Morgan fingerprint density at radius 3 is 2.36 bits per heavy atom. The first-order valence-corrected chi connectivity index (χ1v) is 14.8. The topological polar surface area (TPSA) is 84.3 Å². The average Bonchev–Trinajstić information content (AvgIpc) is 3.34. The van der Waals surface area contributed by atoms with Gasteiger partial charge < -0.3 is 15.2 Å². The van der Waals surface area contributed by atoms with E-state index in [0.717, 1.165) is 38.4 Å². The fraction of sp³-hybridized carbons (Fsp3) is 0.147. The molecule has 0 fully saturated rings. The van der Waals surface area contributed by atoms with Crippen LogP contribution >= 0.6 is 23.4 Å². The van der Waals surface area contributed by atoms with E-state index in [4.69, 9.17) is 16.3 Å². The van der Waals surface area contributed by atoms with Gasteiger partial charge in [0, 0.05) is 41.0 Å². The number of carbonyl (C=O) groups excluding carboxylic acids is 1. The maximum Gasteiger partial charge on any atom is 0.407 e. The molecule has 210 valence electrons. The molecule has 0 bridgehead atoms. The number of carbonyl (C=O) groups is 1. The van der Waals surface area contributed by atoms with E-state index in [2.05, 4.69) is 39.6 Å². The molecule has 6 nitrogen and oxygen atoms in total. The van der Waals surface area contributed by atoms with Gasteiger partial charge in [0.15, 0.2) is 0 Å². The Bertz CT molecular complexity index is 1730. The lowest BCUT2D eigenvalue weighted by atomic mass is 9.98. The van der Waals surface area contributed by atoms with Crippen LogP contribution in [0.25, 0.3) is 22.3 Å². The van der Waals surface area contributed by atoms with E-state index >= 15 is 0 Å². The van der Waals surface area contributed by atoms with Crippen molar-refractivity contribution in [3.63, 3.8) is 0 Å². The fourth-order valence-electron chi connectivity index (χ4n) is 5.34. The molecule has 42 heavy (non-hydrogen) atoms. The predicted molar refractivity (Wildman–Crippen MR) is 166 cm³/mol. The zero-order chi connectivity index (χ0) is 29.1. The molecule has 6 rings (SSSR count). The van der Waals surface area contributed by atoms with E-state index in [1.54, 1.807) is 18.5 Å². The van der Waals surface area contributed by atoms with E-state index in [1.165, 1.54) is 22.9 Å². The van der Waals surface area contributed by atoms with Crippen LogP contribution < -0.4 is 5.32 Å². The summed E-state index contributed by atoms with van der Waals surface area (Å²) in [6, 6.07) is 27.9. The molecule has 0 atom stereocenters. The number of fused-ring (bicyclic) bond motifs is 3. The quantitative estimate of drug-likeness (QED) is 0.191. The Balaban J connectivity index is 1.23. The highest BCUT2D eigenvalue weighted by atomic mass is 35.5. The van der Waals surface area contributed by atoms with Crippen molar-refractivity contribution >= 4 is 29.5 Å². The second-order valence-corrected chi connectivity index (χ2v) is 11.4. The summed E-state index contributed by atoms with van der Waals surface area (Å²) in [5.74, 6) is -0.0250. The molecule has 3 aromatic carbocycles. The maximum atomic E-state index is 13.0. The molecule has 0 aliphatic heterocycles. The average molecular weight is 594 g/mol. The van der Waals surface area contributed by atoms with Crippen LogP contribution in [0.3, 0.4) is 0 Å². The molecule has 0 spiro atoms. The van der Waals surface area contributed by atoms with Crippen LogP contribution in [0.1, 0.15) is 33.9 Å². The summed E-state index contributed by atoms with van der Waals surface area (Å²) in [5.41, 5.74) is 8.94. The lowest BCUT2D eigenvalue weighted by molar-refractivity contribution is 0.142. The lowest BCUT2D eigenvalue weighted by Crippen LogP contribution is -2.26. The van der Waals surface area contributed by atoms with Gasteiger partial charge in [-0.05, 0) is 76.2 Å². The molecule has 0 radical (unpaired) electrons. The Kier molecular flexibility index (Phi) is 8.24. The van der Waals surface area contributed by atoms with Crippen LogP contribution in [-0.4, -0.2) is 27.8 Å². The van der Waals surface area contributed by atoms with Gasteiger partial charge >= 0.3 is 6.09 Å². The third kappa shape index (κ3) is 5.77. The first-order valence-electron chi connectivity index (χ1n) is 13.6. The third-order valence-corrected chi connectivity index (χ3v) is 8.99. The standard InChI is InChI=1S/C34H28ClN3O3S/c1-21-15-22(12-14-36-21)24-16-25(32(31(35)17-24)42-33-23(19-39)7-6-13-37-33)18-38-34(40)41-20-30-28-10-4-2-8-26(28)27-9-3-5-11-29(27)30/h2-17,30,39H,18-20H2,1H3,(H,38,40). The second-order valence-electron chi connectivity index (χ2n) is 10.0. The summed E-state index contributed by atoms with van der Waals surface area (Å²) in [4.78, 5) is 22.5. The molecule has 0 unspecified atom stereocenters. The van der Waals surface area contributed by atoms with Gasteiger partial charge in [-0.2, -0.15) is 0 Å². The van der Waals surface area contributed by atoms with E-state index in [-0.39, 0.29) is 25.7 Å². The first kappa shape index (κ1) is 28.0. The van der Waals surface area contributed by atoms with Crippen LogP contribution in [-0.2, 0) is 17.9 Å². The van der Waals surface area contributed by atoms with Crippen LogP contribution in [0.2, 0.25) is 5.02 Å². The van der Waals surface area contributed by atoms with Crippen molar-refractivity contribution in [2.24, 2.45) is 0 Å². The summed E-state index contributed by atoms with van der Waals surface area (Å²) < 4.78 is 5.77. The molecule has 8 heteroatoms. The number of aromatic nitrogens is 2. The van der Waals surface area contributed by atoms with Crippen LogP contribution in [0.4, 0.5) is 4.79 Å². The number of pyridine rings is 2. The Hall–Kier alpha value is -4.17. The highest BCUT2D eigenvalue weighted by Gasteiger charge is 2.29. The number of aliphatic hydroxyl groups excluding tert-OH is 1. The number of alkyl carbamates (subject to hydrolysis) is 1. The Labute approximate surface area is 253 Å². The van der Waals surface area contributed by atoms with Crippen LogP contribution in [0, 0.1) is 6.92 Å². The fourth-order valence-corrected chi connectivity index (χ4v) is 6.68. The minimum absolute atomic E-state index is 0.0250. The number of aryl methyl sites for hydroxylation is 1. The number of hydrogen-bond donors (Lipinski definition) is 2. The number of benzene rings is 3. The summed E-state index contributed by atoms with van der Waals surface area (Å²) in [5, 5.41) is 13.9. The van der Waals surface area contributed by atoms with Gasteiger partial charge in [-0.1, -0.05) is 78.0 Å². The molecule has 2 heterocycles. The molecule has 0 saturated carbocycles. The number of rotatable bonds is 8. The molecule has 5 aromatic rings. The molecular weight excluding hydrogens is 566 g/mol. The molecular formula is C34H28ClN3O3S. The van der Waals surface area contributed by atoms with E-state index < -0.39 is 6.09 Å². The minimum atomic E-state index is -0.511. The number of nitrogens with one attached hydrogen (secondary N) is 1. The SMILES string of the molecule is Cc1cc(-c2cc(Cl)c(Sc3ncccc3CO)c(CNC(=O)OCC3c4ccccc4-c4ccccc43)c2)ccn1. The molecule has 1 amide bonds. The Morgan fingerprint density at radius 1 is 0.905 bits per heavy atom. The minimum Gasteiger partial charge on any atom is -0.449 e. The van der Waals surface area contributed by atoms with E-state index in [0.29, 0.717) is 15.6 Å². The summed E-state index contributed by atoms with van der Waals surface area (Å²) >= 11 is 8.22. The Morgan fingerprint density at radius 2 is 1.64 bits per heavy atom. The molecule has 1 aliphatic carbocycles. The highest BCUT2D eigenvalue weighted by Crippen LogP contribution is 2.44. The van der Waals surface area contributed by atoms with E-state index in [1.807, 2.05) is 61.5 Å². The van der Waals surface area contributed by atoms with Crippen molar-refractivity contribution in [3.05, 3.63) is 130 Å². The van der Waals surface area contributed by atoms with E-state index in [9.17, 15) is 9.90 Å². The van der Waals surface area contributed by atoms with Gasteiger partial charge in [0.1, 0.15) is 11.6 Å². The first-order chi connectivity index (χ1) is 20.5. The molecule has 2 N–H and O–H groups in total. The number of aliphatic hydroxyl groups is 1. The summed E-state index contributed by atoms with van der Waals surface area (Å²) in [6.45, 7) is 2.21. The van der Waals surface area contributed by atoms with Gasteiger partial charge in [-0.15, -0.1) is 0 Å². The van der Waals surface area contributed by atoms with Crippen molar-refractivity contribution in [3.8, 4) is 22.3 Å². The van der Waals surface area contributed by atoms with Crippen molar-refractivity contribution < 1.29 is 14.6 Å². The summed E-state index contributed by atoms with van der Waals surface area (Å²) in [6.07, 6.45) is 2.93. The van der Waals surface area contributed by atoms with Crippen molar-refractivity contribution in [2.75, 3.05) is 6.61 Å². The monoisotopic (exact) mass is 593 g/mol. The number of halogens is 1. The molecule has 0 saturated heterocycles.